The number of halogens is 4. The molecule has 13 nitrogen and oxygen atoms in total. The first-order valence-electron chi connectivity index (χ1n) is 28.4. The zero-order valence-electron chi connectivity index (χ0n) is 46.1. The molecule has 7 fully saturated rings. The first-order chi connectivity index (χ1) is 35.1. The normalized spacial score (nSPS) is 38.2. The van der Waals surface area contributed by atoms with E-state index in [1.165, 1.54) is 50.5 Å². The minimum absolute atomic E-state index is 0.00925. The van der Waals surface area contributed by atoms with Gasteiger partial charge in [-0.15, -0.1) is 0 Å². The monoisotopic (exact) mass is 1120 g/mol. The molecule has 0 aromatic carbocycles. The molecule has 0 aliphatic heterocycles. The second kappa shape index (κ2) is 22.3. The van der Waals surface area contributed by atoms with Crippen LogP contribution in [0.5, 0.6) is 0 Å². The van der Waals surface area contributed by atoms with Crippen molar-refractivity contribution >= 4 is 49.5 Å². The summed E-state index contributed by atoms with van der Waals surface area (Å²) in [6.07, 6.45) is 15.0. The summed E-state index contributed by atoms with van der Waals surface area (Å²) in [5, 5.41) is -8.93. The van der Waals surface area contributed by atoms with E-state index in [4.69, 9.17) is 13.8 Å². The first kappa shape index (κ1) is 60.9. The summed E-state index contributed by atoms with van der Waals surface area (Å²) >= 11 is 0. The fourth-order valence-corrected chi connectivity index (χ4v) is 18.2. The van der Waals surface area contributed by atoms with Crippen LogP contribution >= 0.6 is 0 Å². The molecule has 76 heavy (non-hydrogen) atoms. The van der Waals surface area contributed by atoms with Crippen LogP contribution in [0.25, 0.3) is 0 Å². The lowest BCUT2D eigenvalue weighted by atomic mass is 9.44. The minimum Gasteiger partial charge on any atom is -0.431 e. The van der Waals surface area contributed by atoms with Gasteiger partial charge < -0.3 is 9.47 Å². The zero-order valence-corrected chi connectivity index (χ0v) is 47.7. The number of Topliss-reactive ketones (excluding diaryl/α,β-unsaturated/α-hetero) is 4. The molecule has 16 atom stereocenters. The van der Waals surface area contributed by atoms with Crippen molar-refractivity contribution in [3.63, 3.8) is 0 Å². The molecule has 8 rings (SSSR count). The van der Waals surface area contributed by atoms with Gasteiger partial charge in [0.1, 0.15) is 29.2 Å². The average molecular weight is 1120 g/mol. The average Bonchev–Trinajstić information content (AvgIpc) is 3.88. The van der Waals surface area contributed by atoms with Gasteiger partial charge in [-0.2, -0.15) is 34.4 Å². The summed E-state index contributed by atoms with van der Waals surface area (Å²) in [5.74, 6) is 3.98. The van der Waals surface area contributed by atoms with Gasteiger partial charge in [-0.1, -0.05) is 86.3 Å². The molecular weight excluding hydrogens is 1030 g/mol. The van der Waals surface area contributed by atoms with E-state index in [1.54, 1.807) is 0 Å². The van der Waals surface area contributed by atoms with Crippen molar-refractivity contribution in [2.45, 2.75) is 213 Å². The fraction of sp³-hybridized carbons (Fsp3) is 0.877. The summed E-state index contributed by atoms with van der Waals surface area (Å²) in [6, 6.07) is 0. The molecule has 0 aromatic heterocycles. The van der Waals surface area contributed by atoms with E-state index < -0.39 is 73.7 Å². The lowest BCUT2D eigenvalue weighted by Gasteiger charge is -2.58. The van der Waals surface area contributed by atoms with Gasteiger partial charge in [-0.05, 0) is 152 Å². The number of carbonyl (C=O) groups is 5. The number of ether oxygens (including phenoxy) is 2. The standard InChI is InChI=1S/C30H48F2O6S.C27H38F2O7S/c1-19(2)7-6-8-20(3)24-11-12-25-23-10-9-21-17-22(38-27(33)37-18-30(31,32)39(34,35)36)13-15-28(21,4)26(23)14-16-29(24,25)5;1-15(4-5-17(30)9-11-27(28,29)37(34,35)36)19-6-7-20-24-21(14-23(33)26(19,20)3)25(2)10-8-18(31)12-16(25)13-22(24)32/h9,19-20,22-26H,6-8,10-18H2,1-5H3,(H,34,35,36);15-16,19-21,24H,4-14H2,1-3H3,(H,34,35,36)/t20-,22+,23+,24-,25+,26+,28+,29-;15-,16+,19-,20+,21+,24+,25+,26-/m11/s1. The Balaban J connectivity index is 0.000000221. The first-order valence-corrected chi connectivity index (χ1v) is 31.3. The quantitative estimate of drug-likeness (QED) is 0.0601. The Morgan fingerprint density at radius 1 is 0.711 bits per heavy atom. The molecule has 8 aliphatic carbocycles. The second-order valence-corrected chi connectivity index (χ2v) is 29.6. The highest BCUT2D eigenvalue weighted by atomic mass is 32.2. The number of alkyl halides is 4. The number of hydrogen-bond donors (Lipinski definition) is 2. The fourth-order valence-electron chi connectivity index (χ4n) is 17.7. The van der Waals surface area contributed by atoms with E-state index in [-0.39, 0.29) is 70.1 Å². The van der Waals surface area contributed by atoms with E-state index >= 15 is 0 Å². The minimum atomic E-state index is -5.67. The molecule has 8 aliphatic rings. The lowest BCUT2D eigenvalue weighted by Crippen LogP contribution is -2.60. The number of carbonyl (C=O) groups excluding carboxylic acids is 5. The SMILES string of the molecule is CC(C)CCC[C@@H](C)[C@H]1CC[C@H]2[C@@H]3CC=C4C[C@@H](OC(=O)OCC(F)(F)S(=O)(=O)O)CC[C@]4(C)[C@H]3CC[C@]12C.C[C@H](CCC(=O)CCC(F)(F)S(=O)(=O)O)[C@H]1CC[C@H]2[C@@H]3C(=O)C[C@@H]4CC(=O)CC[C@]4(C)[C@H]3CC(=O)[C@]12C. The molecule has 7 saturated carbocycles. The van der Waals surface area contributed by atoms with Crippen molar-refractivity contribution in [1.29, 1.82) is 0 Å². The Bertz CT molecular complexity index is 2480. The Morgan fingerprint density at radius 3 is 2.01 bits per heavy atom. The summed E-state index contributed by atoms with van der Waals surface area (Å²) in [6.45, 7) is 16.3. The molecular formula is C57H86F4O13S2. The maximum Gasteiger partial charge on any atom is 0.508 e. The summed E-state index contributed by atoms with van der Waals surface area (Å²) < 4.78 is 124. The van der Waals surface area contributed by atoms with E-state index in [0.29, 0.717) is 62.2 Å². The molecule has 0 amide bonds. The Hall–Kier alpha value is -2.77. The van der Waals surface area contributed by atoms with Gasteiger partial charge in [-0.25, -0.2) is 4.79 Å². The van der Waals surface area contributed by atoms with Gasteiger partial charge in [0.05, 0.1) is 0 Å². The van der Waals surface area contributed by atoms with Crippen LogP contribution in [0.4, 0.5) is 22.4 Å². The van der Waals surface area contributed by atoms with Gasteiger partial charge >= 0.3 is 36.9 Å². The van der Waals surface area contributed by atoms with Crippen molar-refractivity contribution in [2.75, 3.05) is 6.61 Å². The van der Waals surface area contributed by atoms with Crippen molar-refractivity contribution in [2.24, 2.45) is 92.7 Å². The van der Waals surface area contributed by atoms with E-state index in [2.05, 4.69) is 52.4 Å². The Kier molecular flexibility index (Phi) is 17.8. The van der Waals surface area contributed by atoms with Crippen LogP contribution in [-0.4, -0.2) is 78.4 Å². The molecule has 0 spiro atoms. The van der Waals surface area contributed by atoms with Crippen LogP contribution in [0.3, 0.4) is 0 Å². The highest BCUT2D eigenvalue weighted by Crippen LogP contribution is 2.69. The Labute approximate surface area is 448 Å². The molecule has 0 unspecified atom stereocenters. The number of rotatable bonds is 17. The maximum absolute atomic E-state index is 13.8. The van der Waals surface area contributed by atoms with Crippen molar-refractivity contribution in [1.82, 2.24) is 0 Å². The second-order valence-electron chi connectivity index (χ2n) is 26.5. The van der Waals surface area contributed by atoms with Gasteiger partial charge in [0.2, 0.25) is 0 Å². The molecule has 432 valence electrons. The van der Waals surface area contributed by atoms with Gasteiger partial charge in [0, 0.05) is 62.7 Å². The number of allylic oxidation sites excluding steroid dienone is 1. The molecule has 0 bridgehead atoms. The van der Waals surface area contributed by atoms with Gasteiger partial charge in [-0.3, -0.25) is 28.3 Å². The van der Waals surface area contributed by atoms with E-state index in [0.717, 1.165) is 55.8 Å². The highest BCUT2D eigenvalue weighted by molar-refractivity contribution is 7.87. The maximum atomic E-state index is 13.8. The van der Waals surface area contributed by atoms with Crippen LogP contribution in [-0.2, 0) is 48.9 Å². The largest absolute Gasteiger partial charge is 0.508 e. The third kappa shape index (κ3) is 11.7. The molecule has 2 N–H and O–H groups in total. The van der Waals surface area contributed by atoms with E-state index in [1.807, 2.05) is 13.8 Å². The van der Waals surface area contributed by atoms with E-state index in [9.17, 15) is 58.4 Å². The van der Waals surface area contributed by atoms with Crippen LogP contribution < -0.4 is 0 Å². The smallest absolute Gasteiger partial charge is 0.431 e. The molecule has 0 radical (unpaired) electrons. The van der Waals surface area contributed by atoms with Gasteiger partial charge in [0.25, 0.3) is 0 Å². The Morgan fingerprint density at radius 2 is 1.36 bits per heavy atom. The van der Waals surface area contributed by atoms with Crippen LogP contribution in [0.1, 0.15) is 197 Å². The topological polar surface area (TPSA) is 213 Å². The molecule has 0 saturated heterocycles. The van der Waals surface area contributed by atoms with Crippen molar-refractivity contribution in [3.8, 4) is 0 Å². The number of ketones is 4. The van der Waals surface area contributed by atoms with Gasteiger partial charge in [0.15, 0.2) is 6.61 Å². The third-order valence-corrected chi connectivity index (χ3v) is 23.9. The van der Waals surface area contributed by atoms with Crippen LogP contribution in [0.15, 0.2) is 11.6 Å². The molecule has 0 heterocycles. The number of fused-ring (bicyclic) bond motifs is 10. The lowest BCUT2D eigenvalue weighted by molar-refractivity contribution is -0.166. The summed E-state index contributed by atoms with van der Waals surface area (Å²) in [5.41, 5.74) is 0.868. The predicted octanol–water partition coefficient (Wildman–Crippen LogP) is 12.8. The molecule has 19 heteroatoms. The predicted molar refractivity (Wildman–Crippen MR) is 276 cm³/mol. The summed E-state index contributed by atoms with van der Waals surface area (Å²) in [7, 11) is -11.2. The number of hydrogen-bond acceptors (Lipinski definition) is 11. The van der Waals surface area contributed by atoms with Crippen molar-refractivity contribution < 1.29 is 76.9 Å². The zero-order chi connectivity index (χ0) is 56.4. The van der Waals surface area contributed by atoms with Crippen LogP contribution in [0, 0.1) is 92.7 Å². The molecule has 0 aromatic rings. The summed E-state index contributed by atoms with van der Waals surface area (Å²) in [4.78, 5) is 63.6. The van der Waals surface area contributed by atoms with Crippen molar-refractivity contribution in [3.05, 3.63) is 11.6 Å². The third-order valence-electron chi connectivity index (χ3n) is 22.1. The van der Waals surface area contributed by atoms with Crippen LogP contribution in [0.2, 0.25) is 0 Å². The highest BCUT2D eigenvalue weighted by Gasteiger charge is 2.66.